The number of hydrogen-bond acceptors (Lipinski definition) is 3. The third kappa shape index (κ3) is 2.41. The molecule has 4 nitrogen and oxygen atoms in total. The van der Waals surface area contributed by atoms with E-state index in [0.717, 1.165) is 6.07 Å². The lowest BCUT2D eigenvalue weighted by Crippen LogP contribution is -2.08. The number of carbonyl (C=O) groups is 1. The van der Waals surface area contributed by atoms with Gasteiger partial charge in [-0.05, 0) is 24.3 Å². The van der Waals surface area contributed by atoms with Gasteiger partial charge < -0.3 is 9.52 Å². The second kappa shape index (κ2) is 4.87. The summed E-state index contributed by atoms with van der Waals surface area (Å²) in [6.45, 7) is 0. The monoisotopic (exact) mass is 307 g/mol. The van der Waals surface area contributed by atoms with Crippen LogP contribution in [-0.2, 0) is 6.18 Å². The number of nitrogens with zero attached hydrogens (tertiary/aromatic N) is 1. The molecule has 22 heavy (non-hydrogen) atoms. The number of benzene rings is 2. The van der Waals surface area contributed by atoms with Crippen LogP contribution in [0.15, 0.2) is 46.9 Å². The van der Waals surface area contributed by atoms with Crippen LogP contribution in [0.2, 0.25) is 0 Å². The van der Waals surface area contributed by atoms with Crippen molar-refractivity contribution in [3.8, 4) is 11.5 Å². The molecule has 0 spiro atoms. The smallest absolute Gasteiger partial charge is 0.418 e. The van der Waals surface area contributed by atoms with E-state index in [2.05, 4.69) is 4.98 Å². The van der Waals surface area contributed by atoms with Gasteiger partial charge in [0.05, 0.1) is 11.1 Å². The van der Waals surface area contributed by atoms with E-state index in [9.17, 15) is 18.0 Å². The summed E-state index contributed by atoms with van der Waals surface area (Å²) in [6, 6.07) is 9.99. The minimum Gasteiger partial charge on any atom is -0.478 e. The number of fused-ring (bicyclic) bond motifs is 1. The minimum absolute atomic E-state index is 0.00337. The van der Waals surface area contributed by atoms with Crippen LogP contribution in [-0.4, -0.2) is 16.1 Å². The van der Waals surface area contributed by atoms with Crippen LogP contribution in [0.5, 0.6) is 0 Å². The van der Waals surface area contributed by atoms with Gasteiger partial charge in [0, 0.05) is 5.56 Å². The Hall–Kier alpha value is -2.83. The van der Waals surface area contributed by atoms with Gasteiger partial charge in [-0.1, -0.05) is 18.2 Å². The highest BCUT2D eigenvalue weighted by molar-refractivity contribution is 5.93. The Bertz CT molecular complexity index is 854. The van der Waals surface area contributed by atoms with Crippen LogP contribution in [0, 0.1) is 0 Å². The molecule has 1 heterocycles. The predicted molar refractivity (Wildman–Crippen MR) is 71.4 cm³/mol. The summed E-state index contributed by atoms with van der Waals surface area (Å²) in [5.41, 5.74) is -1.75. The summed E-state index contributed by atoms with van der Waals surface area (Å²) in [5.74, 6) is -1.46. The number of hydrogen-bond donors (Lipinski definition) is 1. The minimum atomic E-state index is -4.73. The van der Waals surface area contributed by atoms with Gasteiger partial charge in [-0.3, -0.25) is 0 Å². The number of rotatable bonds is 2. The van der Waals surface area contributed by atoms with E-state index in [1.807, 2.05) is 0 Å². The largest absolute Gasteiger partial charge is 0.478 e. The Morgan fingerprint density at radius 3 is 2.41 bits per heavy atom. The molecule has 7 heteroatoms. The van der Waals surface area contributed by atoms with Crippen molar-refractivity contribution in [2.45, 2.75) is 6.18 Å². The summed E-state index contributed by atoms with van der Waals surface area (Å²) in [5, 5.41) is 8.93. The molecule has 0 aliphatic carbocycles. The normalized spacial score (nSPS) is 11.8. The van der Waals surface area contributed by atoms with Crippen LogP contribution in [0.1, 0.15) is 15.9 Å². The van der Waals surface area contributed by atoms with Gasteiger partial charge in [0.25, 0.3) is 0 Å². The summed E-state index contributed by atoms with van der Waals surface area (Å²) >= 11 is 0. The molecule has 0 unspecified atom stereocenters. The Kier molecular flexibility index (Phi) is 3.13. The lowest BCUT2D eigenvalue weighted by Gasteiger charge is -2.07. The molecule has 0 saturated heterocycles. The number of alkyl halides is 3. The molecule has 3 rings (SSSR count). The van der Waals surface area contributed by atoms with Crippen molar-refractivity contribution in [3.63, 3.8) is 0 Å². The molecule has 112 valence electrons. The van der Waals surface area contributed by atoms with Crippen LogP contribution in [0.3, 0.4) is 0 Å². The Morgan fingerprint density at radius 1 is 1.14 bits per heavy atom. The highest BCUT2D eigenvalue weighted by atomic mass is 19.4. The maximum absolute atomic E-state index is 13.1. The molecule has 2 aromatic carbocycles. The molecule has 0 aliphatic heterocycles. The van der Waals surface area contributed by atoms with Crippen molar-refractivity contribution in [3.05, 3.63) is 53.6 Å². The first-order valence-corrected chi connectivity index (χ1v) is 6.17. The third-order valence-electron chi connectivity index (χ3n) is 3.07. The van der Waals surface area contributed by atoms with Crippen molar-refractivity contribution in [2.24, 2.45) is 0 Å². The van der Waals surface area contributed by atoms with Gasteiger partial charge in [-0.25, -0.2) is 9.78 Å². The van der Waals surface area contributed by atoms with Crippen molar-refractivity contribution in [2.75, 3.05) is 0 Å². The molecule has 0 aliphatic rings. The van der Waals surface area contributed by atoms with Crippen LogP contribution < -0.4 is 0 Å². The lowest BCUT2D eigenvalue weighted by molar-refractivity contribution is -0.136. The fourth-order valence-electron chi connectivity index (χ4n) is 2.07. The molecule has 0 saturated carbocycles. The quantitative estimate of drug-likeness (QED) is 0.770. The van der Waals surface area contributed by atoms with Crippen molar-refractivity contribution >= 4 is 17.1 Å². The molecular weight excluding hydrogens is 299 g/mol. The molecule has 3 aromatic rings. The van der Waals surface area contributed by atoms with E-state index >= 15 is 0 Å². The van der Waals surface area contributed by atoms with Crippen LogP contribution in [0.25, 0.3) is 22.6 Å². The first-order chi connectivity index (χ1) is 10.4. The Balaban J connectivity index is 2.28. The predicted octanol–water partition coefficient (Wildman–Crippen LogP) is 4.21. The zero-order chi connectivity index (χ0) is 15.9. The maximum Gasteiger partial charge on any atom is 0.418 e. The average Bonchev–Trinajstić information content (AvgIpc) is 2.89. The summed E-state index contributed by atoms with van der Waals surface area (Å²) in [6.07, 6.45) is -4.73. The van der Waals surface area contributed by atoms with Gasteiger partial charge in [0.15, 0.2) is 5.58 Å². The van der Waals surface area contributed by atoms with Gasteiger partial charge in [0.2, 0.25) is 5.89 Å². The fourth-order valence-corrected chi connectivity index (χ4v) is 2.07. The first kappa shape index (κ1) is 14.1. The SMILES string of the molecule is O=C(O)c1cc(C(F)(F)F)c2nc(-c3ccccc3)oc2c1. The lowest BCUT2D eigenvalue weighted by atomic mass is 10.1. The number of carboxylic acids is 1. The topological polar surface area (TPSA) is 63.3 Å². The van der Waals surface area contributed by atoms with Crippen LogP contribution >= 0.6 is 0 Å². The molecule has 0 fully saturated rings. The number of aromatic carboxylic acids is 1. The summed E-state index contributed by atoms with van der Waals surface area (Å²) < 4.78 is 44.6. The molecule has 0 atom stereocenters. The van der Waals surface area contributed by atoms with Gasteiger partial charge in [-0.15, -0.1) is 0 Å². The number of oxazole rings is 1. The molecule has 1 aromatic heterocycles. The van der Waals surface area contributed by atoms with E-state index in [-0.39, 0.29) is 11.5 Å². The van der Waals surface area contributed by atoms with Gasteiger partial charge in [-0.2, -0.15) is 13.2 Å². The van der Waals surface area contributed by atoms with Crippen molar-refractivity contribution in [1.82, 2.24) is 4.98 Å². The highest BCUT2D eigenvalue weighted by Gasteiger charge is 2.35. The van der Waals surface area contributed by atoms with E-state index in [1.54, 1.807) is 30.3 Å². The van der Waals surface area contributed by atoms with Crippen LogP contribution in [0.4, 0.5) is 13.2 Å². The molecule has 0 bridgehead atoms. The highest BCUT2D eigenvalue weighted by Crippen LogP contribution is 2.37. The first-order valence-electron chi connectivity index (χ1n) is 6.17. The maximum atomic E-state index is 13.1. The second-order valence-corrected chi connectivity index (χ2v) is 4.56. The third-order valence-corrected chi connectivity index (χ3v) is 3.07. The molecular formula is C15H8F3NO3. The van der Waals surface area contributed by atoms with E-state index in [1.165, 1.54) is 0 Å². The second-order valence-electron chi connectivity index (χ2n) is 4.56. The Labute approximate surface area is 121 Å². The summed E-state index contributed by atoms with van der Waals surface area (Å²) in [4.78, 5) is 14.8. The van der Waals surface area contributed by atoms with E-state index in [0.29, 0.717) is 11.6 Å². The molecule has 0 radical (unpaired) electrons. The van der Waals surface area contributed by atoms with Crippen molar-refractivity contribution < 1.29 is 27.5 Å². The Morgan fingerprint density at radius 2 is 1.82 bits per heavy atom. The standard InChI is InChI=1S/C15H8F3NO3/c16-15(17,18)10-6-9(14(20)21)7-11-12(10)19-13(22-11)8-4-2-1-3-5-8/h1-7H,(H,20,21). The molecule has 0 amide bonds. The van der Waals surface area contributed by atoms with Crippen molar-refractivity contribution in [1.29, 1.82) is 0 Å². The average molecular weight is 307 g/mol. The van der Waals surface area contributed by atoms with Gasteiger partial charge >= 0.3 is 12.1 Å². The zero-order valence-corrected chi connectivity index (χ0v) is 10.9. The van der Waals surface area contributed by atoms with E-state index in [4.69, 9.17) is 9.52 Å². The zero-order valence-electron chi connectivity index (χ0n) is 10.9. The molecule has 1 N–H and O–H groups in total. The van der Waals surface area contributed by atoms with Gasteiger partial charge in [0.1, 0.15) is 5.52 Å². The summed E-state index contributed by atoms with van der Waals surface area (Å²) in [7, 11) is 0. The number of aromatic nitrogens is 1. The fraction of sp³-hybridized carbons (Fsp3) is 0.0667. The van der Waals surface area contributed by atoms with E-state index < -0.39 is 28.8 Å². The number of carboxylic acid groups (broad SMARTS) is 1. The number of halogens is 3.